The molecule has 1 amide bonds. The van der Waals surface area contributed by atoms with Gasteiger partial charge in [0.25, 0.3) is 0 Å². The third kappa shape index (κ3) is 4.97. The minimum Gasteiger partial charge on any atom is -0.366 e. The summed E-state index contributed by atoms with van der Waals surface area (Å²) in [6.45, 7) is 7.72. The Morgan fingerprint density at radius 2 is 1.95 bits per heavy atom. The van der Waals surface area contributed by atoms with E-state index in [1.807, 2.05) is 33.8 Å². The molecule has 0 spiro atoms. The van der Waals surface area contributed by atoms with Crippen molar-refractivity contribution in [3.05, 3.63) is 33.8 Å². The summed E-state index contributed by atoms with van der Waals surface area (Å²) in [5.74, 6) is -0.0848. The van der Waals surface area contributed by atoms with Gasteiger partial charge in [-0.25, -0.2) is 0 Å². The molecular formula is C15H21Cl2NO2. The fourth-order valence-corrected chi connectivity index (χ4v) is 2.21. The molecule has 0 heterocycles. The van der Waals surface area contributed by atoms with Crippen molar-refractivity contribution in [1.82, 2.24) is 4.90 Å². The molecule has 1 atom stereocenters. The van der Waals surface area contributed by atoms with Gasteiger partial charge in [-0.3, -0.25) is 4.79 Å². The fraction of sp³-hybridized carbons (Fsp3) is 0.533. The highest BCUT2D eigenvalue weighted by molar-refractivity contribution is 6.35. The number of ether oxygens (including phenoxy) is 1. The number of benzene rings is 1. The van der Waals surface area contributed by atoms with Crippen molar-refractivity contribution in [3.63, 3.8) is 0 Å². The first-order chi connectivity index (χ1) is 9.11. The molecule has 5 heteroatoms. The Balaban J connectivity index is 2.75. The Kier molecular flexibility index (Phi) is 5.87. The van der Waals surface area contributed by atoms with Gasteiger partial charge in [-0.2, -0.15) is 0 Å². The van der Waals surface area contributed by atoms with Gasteiger partial charge in [-0.05, 0) is 45.4 Å². The van der Waals surface area contributed by atoms with Crippen molar-refractivity contribution in [2.24, 2.45) is 0 Å². The zero-order valence-corrected chi connectivity index (χ0v) is 14.0. The predicted molar refractivity (Wildman–Crippen MR) is 83.4 cm³/mol. The van der Waals surface area contributed by atoms with Crippen LogP contribution in [0.25, 0.3) is 0 Å². The largest absolute Gasteiger partial charge is 0.366 e. The molecule has 0 aliphatic heterocycles. The fourth-order valence-electron chi connectivity index (χ4n) is 1.64. The van der Waals surface area contributed by atoms with Crippen LogP contribution in [0.2, 0.25) is 10.0 Å². The van der Waals surface area contributed by atoms with E-state index in [9.17, 15) is 4.79 Å². The molecule has 3 nitrogen and oxygen atoms in total. The number of nitrogens with zero attached hydrogens (tertiary/aromatic N) is 1. The van der Waals surface area contributed by atoms with Gasteiger partial charge in [0.2, 0.25) is 5.91 Å². The number of hydrogen-bond acceptors (Lipinski definition) is 2. The SMILES string of the molecule is CC(c1ccc(Cl)cc1Cl)N(C)C(=O)COC(C)(C)C. The van der Waals surface area contributed by atoms with Gasteiger partial charge in [0, 0.05) is 17.1 Å². The molecule has 1 unspecified atom stereocenters. The van der Waals surface area contributed by atoms with Gasteiger partial charge in [0.05, 0.1) is 11.6 Å². The van der Waals surface area contributed by atoms with Gasteiger partial charge >= 0.3 is 0 Å². The first kappa shape index (κ1) is 17.3. The van der Waals surface area contributed by atoms with E-state index in [0.29, 0.717) is 10.0 Å². The minimum atomic E-state index is -0.336. The number of likely N-dealkylation sites (N-methyl/N-ethyl adjacent to an activating group) is 1. The molecule has 1 rings (SSSR count). The predicted octanol–water partition coefficient (Wildman–Crippen LogP) is 4.33. The van der Waals surface area contributed by atoms with Crippen molar-refractivity contribution < 1.29 is 9.53 Å². The summed E-state index contributed by atoms with van der Waals surface area (Å²) in [5, 5.41) is 1.14. The highest BCUT2D eigenvalue weighted by atomic mass is 35.5. The van der Waals surface area contributed by atoms with Crippen LogP contribution >= 0.6 is 23.2 Å². The van der Waals surface area contributed by atoms with Crippen LogP contribution in [-0.2, 0) is 9.53 Å². The molecule has 0 aromatic heterocycles. The lowest BCUT2D eigenvalue weighted by Crippen LogP contribution is -2.35. The van der Waals surface area contributed by atoms with Gasteiger partial charge in [0.1, 0.15) is 6.61 Å². The van der Waals surface area contributed by atoms with E-state index in [4.69, 9.17) is 27.9 Å². The lowest BCUT2D eigenvalue weighted by molar-refractivity contribution is -0.141. The van der Waals surface area contributed by atoms with Gasteiger partial charge in [0.15, 0.2) is 0 Å². The average Bonchev–Trinajstić information content (AvgIpc) is 2.33. The Labute approximate surface area is 130 Å². The summed E-state index contributed by atoms with van der Waals surface area (Å²) in [7, 11) is 1.74. The quantitative estimate of drug-likeness (QED) is 0.827. The summed E-state index contributed by atoms with van der Waals surface area (Å²) < 4.78 is 5.50. The van der Waals surface area contributed by atoms with E-state index in [1.54, 1.807) is 24.1 Å². The first-order valence-corrected chi connectivity index (χ1v) is 7.22. The highest BCUT2D eigenvalue weighted by Gasteiger charge is 2.21. The van der Waals surface area contributed by atoms with Crippen molar-refractivity contribution in [2.45, 2.75) is 39.3 Å². The lowest BCUT2D eigenvalue weighted by atomic mass is 10.1. The van der Waals surface area contributed by atoms with Gasteiger partial charge < -0.3 is 9.64 Å². The molecule has 0 radical (unpaired) electrons. The molecule has 0 N–H and O–H groups in total. The topological polar surface area (TPSA) is 29.5 Å². The summed E-state index contributed by atoms with van der Waals surface area (Å²) in [5.41, 5.74) is 0.528. The Morgan fingerprint density at radius 3 is 2.45 bits per heavy atom. The highest BCUT2D eigenvalue weighted by Crippen LogP contribution is 2.29. The number of amides is 1. The summed E-state index contributed by atoms with van der Waals surface area (Å²) in [6, 6.07) is 5.14. The monoisotopic (exact) mass is 317 g/mol. The zero-order chi connectivity index (χ0) is 15.5. The summed E-state index contributed by atoms with van der Waals surface area (Å²) in [6.07, 6.45) is 0. The second-order valence-electron chi connectivity index (χ2n) is 5.75. The van der Waals surface area contributed by atoms with E-state index >= 15 is 0 Å². The van der Waals surface area contributed by atoms with Crippen LogP contribution in [-0.4, -0.2) is 30.1 Å². The molecule has 0 saturated carbocycles. The maximum absolute atomic E-state index is 12.1. The lowest BCUT2D eigenvalue weighted by Gasteiger charge is -2.28. The van der Waals surface area contributed by atoms with Crippen LogP contribution in [0.4, 0.5) is 0 Å². The first-order valence-electron chi connectivity index (χ1n) is 6.46. The minimum absolute atomic E-state index is 0.0511. The van der Waals surface area contributed by atoms with Crippen LogP contribution in [0.3, 0.4) is 0 Å². The third-order valence-electron chi connectivity index (χ3n) is 3.02. The van der Waals surface area contributed by atoms with Gasteiger partial charge in [-0.1, -0.05) is 29.3 Å². The van der Waals surface area contributed by atoms with Crippen LogP contribution < -0.4 is 0 Å². The molecule has 1 aromatic carbocycles. The molecule has 0 bridgehead atoms. The molecule has 20 heavy (non-hydrogen) atoms. The third-order valence-corrected chi connectivity index (χ3v) is 3.58. The van der Waals surface area contributed by atoms with E-state index in [0.717, 1.165) is 5.56 Å². The van der Waals surface area contributed by atoms with E-state index < -0.39 is 0 Å². The smallest absolute Gasteiger partial charge is 0.248 e. The summed E-state index contributed by atoms with van der Waals surface area (Å²) in [4.78, 5) is 13.7. The number of hydrogen-bond donors (Lipinski definition) is 0. The molecule has 0 saturated heterocycles. The van der Waals surface area contributed by atoms with Crippen LogP contribution in [0.5, 0.6) is 0 Å². The Hall–Kier alpha value is -0.770. The molecule has 0 aliphatic rings. The number of carbonyl (C=O) groups is 1. The maximum Gasteiger partial charge on any atom is 0.248 e. The second kappa shape index (κ2) is 6.79. The summed E-state index contributed by atoms with van der Waals surface area (Å²) >= 11 is 12.0. The molecule has 0 fully saturated rings. The number of carbonyl (C=O) groups excluding carboxylic acids is 1. The maximum atomic E-state index is 12.1. The zero-order valence-electron chi connectivity index (χ0n) is 12.5. The van der Waals surface area contributed by atoms with Crippen LogP contribution in [0.1, 0.15) is 39.3 Å². The number of halogens is 2. The van der Waals surface area contributed by atoms with Gasteiger partial charge in [-0.15, -0.1) is 0 Å². The van der Waals surface area contributed by atoms with E-state index in [-0.39, 0.29) is 24.2 Å². The molecule has 112 valence electrons. The van der Waals surface area contributed by atoms with Crippen molar-refractivity contribution in [2.75, 3.05) is 13.7 Å². The molecule has 1 aromatic rings. The molecular weight excluding hydrogens is 297 g/mol. The second-order valence-corrected chi connectivity index (χ2v) is 6.59. The Morgan fingerprint density at radius 1 is 1.35 bits per heavy atom. The van der Waals surface area contributed by atoms with E-state index in [2.05, 4.69) is 0 Å². The van der Waals surface area contributed by atoms with Crippen molar-refractivity contribution in [1.29, 1.82) is 0 Å². The normalized spacial score (nSPS) is 13.2. The molecule has 0 aliphatic carbocycles. The standard InChI is InChI=1S/C15H21Cl2NO2/c1-10(12-7-6-11(16)8-13(12)17)18(5)14(19)9-20-15(2,3)4/h6-8,10H,9H2,1-5H3. The van der Waals surface area contributed by atoms with Crippen LogP contribution in [0, 0.1) is 0 Å². The Bertz CT molecular complexity index is 483. The van der Waals surface area contributed by atoms with Crippen molar-refractivity contribution in [3.8, 4) is 0 Å². The van der Waals surface area contributed by atoms with E-state index in [1.165, 1.54) is 0 Å². The van der Waals surface area contributed by atoms with Crippen LogP contribution in [0.15, 0.2) is 18.2 Å². The average molecular weight is 318 g/mol. The van der Waals surface area contributed by atoms with Crippen molar-refractivity contribution >= 4 is 29.1 Å². The number of rotatable bonds is 4.